The molecule has 0 aliphatic carbocycles. The van der Waals surface area contributed by atoms with E-state index in [0.29, 0.717) is 19.5 Å². The molecular weight excluding hydrogens is 318 g/mol. The van der Waals surface area contributed by atoms with E-state index in [9.17, 15) is 8.42 Å². The Bertz CT molecular complexity index is 488. The van der Waals surface area contributed by atoms with E-state index < -0.39 is 9.84 Å². The highest BCUT2D eigenvalue weighted by Crippen LogP contribution is 2.22. The van der Waals surface area contributed by atoms with Crippen LogP contribution in [-0.4, -0.2) is 34.1 Å². The molecule has 0 bridgehead atoms. The van der Waals surface area contributed by atoms with Crippen molar-refractivity contribution in [1.82, 2.24) is 5.32 Å². The zero-order valence-corrected chi connectivity index (χ0v) is 13.0. The fourth-order valence-electron chi connectivity index (χ4n) is 1.57. The van der Waals surface area contributed by atoms with Gasteiger partial charge in [0.2, 0.25) is 0 Å². The van der Waals surface area contributed by atoms with E-state index in [2.05, 4.69) is 21.2 Å². The molecule has 0 saturated heterocycles. The molecule has 0 fully saturated rings. The first kappa shape index (κ1) is 15.5. The molecule has 0 amide bonds. The third-order valence-corrected chi connectivity index (χ3v) is 3.95. The molecule has 102 valence electrons. The van der Waals surface area contributed by atoms with Gasteiger partial charge in [-0.25, -0.2) is 8.42 Å². The molecule has 1 N–H and O–H groups in total. The maximum atomic E-state index is 11.0. The van der Waals surface area contributed by atoms with E-state index in [-0.39, 0.29) is 5.75 Å². The third kappa shape index (κ3) is 5.84. The highest BCUT2D eigenvalue weighted by atomic mass is 79.9. The maximum absolute atomic E-state index is 11.0. The van der Waals surface area contributed by atoms with Crippen molar-refractivity contribution in [2.24, 2.45) is 0 Å². The van der Waals surface area contributed by atoms with Crippen LogP contribution < -0.4 is 10.1 Å². The average molecular weight is 336 g/mol. The van der Waals surface area contributed by atoms with Crippen LogP contribution in [0.2, 0.25) is 0 Å². The first-order valence-corrected chi connectivity index (χ1v) is 8.48. The number of methoxy groups -OCH3 is 1. The zero-order chi connectivity index (χ0) is 13.6. The zero-order valence-electron chi connectivity index (χ0n) is 10.6. The van der Waals surface area contributed by atoms with Crippen molar-refractivity contribution in [2.75, 3.05) is 25.7 Å². The Hall–Kier alpha value is -0.590. The highest BCUT2D eigenvalue weighted by molar-refractivity contribution is 9.10. The topological polar surface area (TPSA) is 55.4 Å². The molecule has 0 radical (unpaired) electrons. The van der Waals surface area contributed by atoms with Crippen LogP contribution in [0.15, 0.2) is 22.7 Å². The Balaban J connectivity index is 2.41. The second-order valence-electron chi connectivity index (χ2n) is 4.12. The first-order chi connectivity index (χ1) is 8.42. The lowest BCUT2D eigenvalue weighted by atomic mass is 10.2. The van der Waals surface area contributed by atoms with E-state index in [4.69, 9.17) is 4.74 Å². The van der Waals surface area contributed by atoms with Crippen molar-refractivity contribution < 1.29 is 13.2 Å². The van der Waals surface area contributed by atoms with Crippen LogP contribution >= 0.6 is 15.9 Å². The smallest absolute Gasteiger partial charge is 0.147 e. The molecule has 18 heavy (non-hydrogen) atoms. The van der Waals surface area contributed by atoms with E-state index in [1.54, 1.807) is 7.11 Å². The van der Waals surface area contributed by atoms with Gasteiger partial charge in [-0.05, 0) is 31.2 Å². The molecule has 1 aromatic rings. The van der Waals surface area contributed by atoms with Crippen molar-refractivity contribution in [3.63, 3.8) is 0 Å². The lowest BCUT2D eigenvalue weighted by molar-refractivity contribution is 0.407. The van der Waals surface area contributed by atoms with Gasteiger partial charge in [-0.2, -0.15) is 0 Å². The number of sulfone groups is 1. The van der Waals surface area contributed by atoms with Crippen molar-refractivity contribution in [2.45, 2.75) is 13.0 Å². The van der Waals surface area contributed by atoms with E-state index in [0.717, 1.165) is 15.8 Å². The van der Waals surface area contributed by atoms with Crippen LogP contribution in [-0.2, 0) is 16.4 Å². The highest BCUT2D eigenvalue weighted by Gasteiger charge is 2.04. The normalized spacial score (nSPS) is 11.5. The van der Waals surface area contributed by atoms with E-state index in [1.807, 2.05) is 18.2 Å². The summed E-state index contributed by atoms with van der Waals surface area (Å²) in [7, 11) is -1.23. The van der Waals surface area contributed by atoms with Crippen LogP contribution in [0.3, 0.4) is 0 Å². The Morgan fingerprint density at radius 1 is 1.39 bits per heavy atom. The maximum Gasteiger partial charge on any atom is 0.147 e. The third-order valence-electron chi connectivity index (χ3n) is 2.43. The number of ether oxygens (including phenoxy) is 1. The Morgan fingerprint density at radius 2 is 2.11 bits per heavy atom. The molecule has 1 aromatic carbocycles. The van der Waals surface area contributed by atoms with Gasteiger partial charge in [0.05, 0.1) is 12.9 Å². The van der Waals surface area contributed by atoms with Gasteiger partial charge < -0.3 is 10.1 Å². The van der Waals surface area contributed by atoms with Crippen molar-refractivity contribution in [3.05, 3.63) is 28.2 Å². The van der Waals surface area contributed by atoms with Crippen LogP contribution in [0.1, 0.15) is 12.0 Å². The minimum absolute atomic E-state index is 0.218. The summed E-state index contributed by atoms with van der Waals surface area (Å²) < 4.78 is 28.2. The molecule has 1 rings (SSSR count). The molecule has 4 nitrogen and oxygen atoms in total. The second kappa shape index (κ2) is 7.11. The van der Waals surface area contributed by atoms with E-state index in [1.165, 1.54) is 6.26 Å². The summed E-state index contributed by atoms with van der Waals surface area (Å²) in [5, 5.41) is 3.21. The minimum Gasteiger partial charge on any atom is -0.496 e. The molecule has 0 heterocycles. The Kier molecular flexibility index (Phi) is 6.11. The molecule has 0 aromatic heterocycles. The van der Waals surface area contributed by atoms with Gasteiger partial charge in [0, 0.05) is 22.8 Å². The van der Waals surface area contributed by atoms with Crippen LogP contribution in [0.5, 0.6) is 5.75 Å². The van der Waals surface area contributed by atoms with Gasteiger partial charge in [0.1, 0.15) is 15.6 Å². The van der Waals surface area contributed by atoms with Gasteiger partial charge in [-0.3, -0.25) is 0 Å². The lowest BCUT2D eigenvalue weighted by Gasteiger charge is -2.10. The number of hydrogen-bond donors (Lipinski definition) is 1. The molecule has 0 unspecified atom stereocenters. The van der Waals surface area contributed by atoms with Crippen LogP contribution in [0.25, 0.3) is 0 Å². The quantitative estimate of drug-likeness (QED) is 0.774. The number of benzene rings is 1. The molecule has 0 atom stereocenters. The summed E-state index contributed by atoms with van der Waals surface area (Å²) in [5.74, 6) is 1.05. The molecule has 0 spiro atoms. The van der Waals surface area contributed by atoms with Gasteiger partial charge >= 0.3 is 0 Å². The predicted molar refractivity (Wildman–Crippen MR) is 76.7 cm³/mol. The fraction of sp³-hybridized carbons (Fsp3) is 0.500. The average Bonchev–Trinajstić information content (AvgIpc) is 2.27. The van der Waals surface area contributed by atoms with Crippen molar-refractivity contribution >= 4 is 25.8 Å². The second-order valence-corrected chi connectivity index (χ2v) is 7.29. The summed E-state index contributed by atoms with van der Waals surface area (Å²) in [4.78, 5) is 0. The lowest BCUT2D eigenvalue weighted by Crippen LogP contribution is -2.18. The standard InChI is InChI=1S/C12H18BrNO3S/c1-17-12-5-4-11(13)8-10(12)9-14-6-3-7-18(2,15)16/h4-5,8,14H,3,6-7,9H2,1-2H3. The summed E-state index contributed by atoms with van der Waals surface area (Å²) in [6, 6.07) is 5.81. The van der Waals surface area contributed by atoms with Gasteiger partial charge in [0.25, 0.3) is 0 Å². The SMILES string of the molecule is COc1ccc(Br)cc1CNCCCS(C)(=O)=O. The molecular formula is C12H18BrNO3S. The van der Waals surface area contributed by atoms with Gasteiger partial charge in [-0.1, -0.05) is 15.9 Å². The molecule has 6 heteroatoms. The van der Waals surface area contributed by atoms with Gasteiger partial charge in [-0.15, -0.1) is 0 Å². The molecule has 0 aliphatic rings. The Morgan fingerprint density at radius 3 is 2.72 bits per heavy atom. The Labute approximate surface area is 117 Å². The summed E-state index contributed by atoms with van der Waals surface area (Å²) >= 11 is 3.41. The first-order valence-electron chi connectivity index (χ1n) is 5.63. The van der Waals surface area contributed by atoms with Crippen molar-refractivity contribution in [1.29, 1.82) is 0 Å². The minimum atomic E-state index is -2.86. The van der Waals surface area contributed by atoms with Crippen LogP contribution in [0, 0.1) is 0 Å². The summed E-state index contributed by atoms with van der Waals surface area (Å²) in [5.41, 5.74) is 1.05. The number of nitrogens with one attached hydrogen (secondary N) is 1. The van der Waals surface area contributed by atoms with E-state index >= 15 is 0 Å². The predicted octanol–water partition coefficient (Wildman–Crippen LogP) is 1.98. The largest absolute Gasteiger partial charge is 0.496 e. The fourth-order valence-corrected chi connectivity index (χ4v) is 2.64. The molecule has 0 saturated carbocycles. The monoisotopic (exact) mass is 335 g/mol. The number of hydrogen-bond acceptors (Lipinski definition) is 4. The summed E-state index contributed by atoms with van der Waals surface area (Å²) in [6.45, 7) is 1.33. The van der Waals surface area contributed by atoms with Gasteiger partial charge in [0.15, 0.2) is 0 Å². The number of rotatable bonds is 7. The summed E-state index contributed by atoms with van der Waals surface area (Å²) in [6.07, 6.45) is 1.87. The number of halogens is 1. The van der Waals surface area contributed by atoms with Crippen LogP contribution in [0.4, 0.5) is 0 Å². The van der Waals surface area contributed by atoms with Crippen molar-refractivity contribution in [3.8, 4) is 5.75 Å². The molecule has 0 aliphatic heterocycles.